The molecule has 2 aromatic rings. The number of benzene rings is 1. The Morgan fingerprint density at radius 1 is 1.39 bits per heavy atom. The van der Waals surface area contributed by atoms with Crippen LogP contribution in [0.3, 0.4) is 0 Å². The van der Waals surface area contributed by atoms with Crippen molar-refractivity contribution in [2.24, 2.45) is 5.73 Å². The molecule has 0 aliphatic heterocycles. The summed E-state index contributed by atoms with van der Waals surface area (Å²) in [6, 6.07) is 11.9. The Morgan fingerprint density at radius 3 is 2.89 bits per heavy atom. The van der Waals surface area contributed by atoms with Crippen molar-refractivity contribution in [2.75, 3.05) is 0 Å². The molecule has 3 N–H and O–H groups in total. The van der Waals surface area contributed by atoms with Gasteiger partial charge in [0.25, 0.3) is 0 Å². The van der Waals surface area contributed by atoms with Crippen LogP contribution in [0.2, 0.25) is 0 Å². The number of nitrogens with one attached hydrogen (secondary N) is 1. The van der Waals surface area contributed by atoms with Gasteiger partial charge in [0.2, 0.25) is 5.91 Å². The monoisotopic (exact) mass is 260 g/mol. The molecule has 1 heterocycles. The minimum Gasteiger partial charge on any atom is -0.366 e. The number of nitrogens with two attached hydrogens (primary N) is 1. The van der Waals surface area contributed by atoms with E-state index in [1.165, 1.54) is 4.88 Å². The maximum Gasteiger partial charge on any atom is 0.248 e. The molecule has 18 heavy (non-hydrogen) atoms. The van der Waals surface area contributed by atoms with Gasteiger partial charge in [0.05, 0.1) is 0 Å². The van der Waals surface area contributed by atoms with Crippen LogP contribution in [-0.2, 0) is 6.54 Å². The van der Waals surface area contributed by atoms with Crippen LogP contribution in [0, 0.1) is 0 Å². The number of carbonyl (C=O) groups is 1. The van der Waals surface area contributed by atoms with E-state index < -0.39 is 0 Å². The van der Waals surface area contributed by atoms with E-state index in [2.05, 4.69) is 23.7 Å². The lowest BCUT2D eigenvalue weighted by atomic mass is 10.1. The van der Waals surface area contributed by atoms with Crippen LogP contribution in [-0.4, -0.2) is 5.91 Å². The van der Waals surface area contributed by atoms with Crippen molar-refractivity contribution < 1.29 is 4.79 Å². The standard InChI is InChI=1S/C14H16N2OS/c1-10(13-6-3-7-18-13)16-9-11-4-2-5-12(8-11)14(15)17/h2-8,10,16H,9H2,1H3,(H2,15,17)/t10-/m0/s1. The molecule has 3 nitrogen and oxygen atoms in total. The molecule has 0 unspecified atom stereocenters. The molecule has 0 spiro atoms. The predicted molar refractivity (Wildman–Crippen MR) is 74.5 cm³/mol. The normalized spacial score (nSPS) is 12.3. The molecule has 0 saturated heterocycles. The van der Waals surface area contributed by atoms with Crippen LogP contribution >= 0.6 is 11.3 Å². The molecule has 0 aliphatic rings. The highest BCUT2D eigenvalue weighted by atomic mass is 32.1. The van der Waals surface area contributed by atoms with Gasteiger partial charge in [0.15, 0.2) is 0 Å². The van der Waals surface area contributed by atoms with Crippen molar-refractivity contribution in [3.8, 4) is 0 Å². The van der Waals surface area contributed by atoms with Crippen LogP contribution < -0.4 is 11.1 Å². The summed E-state index contributed by atoms with van der Waals surface area (Å²) in [5, 5.41) is 5.50. The van der Waals surface area contributed by atoms with E-state index in [1.54, 1.807) is 17.4 Å². The second kappa shape index (κ2) is 5.80. The first-order valence-corrected chi connectivity index (χ1v) is 6.70. The second-order valence-corrected chi connectivity index (χ2v) is 5.16. The van der Waals surface area contributed by atoms with Crippen molar-refractivity contribution in [1.82, 2.24) is 5.32 Å². The number of rotatable bonds is 5. The Hall–Kier alpha value is -1.65. The first-order chi connectivity index (χ1) is 8.66. The fraction of sp³-hybridized carbons (Fsp3) is 0.214. The first kappa shape index (κ1) is 12.8. The van der Waals surface area contributed by atoms with Crippen LogP contribution in [0.25, 0.3) is 0 Å². The van der Waals surface area contributed by atoms with Crippen molar-refractivity contribution >= 4 is 17.2 Å². The molecule has 0 saturated carbocycles. The van der Waals surface area contributed by atoms with E-state index >= 15 is 0 Å². The minimum atomic E-state index is -0.386. The Balaban J connectivity index is 1.98. The molecule has 1 atom stereocenters. The summed E-state index contributed by atoms with van der Waals surface area (Å²) in [6.07, 6.45) is 0. The number of amides is 1. The van der Waals surface area contributed by atoms with E-state index in [0.717, 1.165) is 12.1 Å². The molecule has 0 fully saturated rings. The smallest absolute Gasteiger partial charge is 0.248 e. The SMILES string of the molecule is C[C@H](NCc1cccc(C(N)=O)c1)c1cccs1. The van der Waals surface area contributed by atoms with Gasteiger partial charge in [0, 0.05) is 23.0 Å². The van der Waals surface area contributed by atoms with Crippen molar-refractivity contribution in [2.45, 2.75) is 19.5 Å². The predicted octanol–water partition coefficient (Wildman–Crippen LogP) is 2.70. The highest BCUT2D eigenvalue weighted by Crippen LogP contribution is 2.18. The Labute approximate surface area is 111 Å². The molecule has 2 rings (SSSR count). The van der Waals surface area contributed by atoms with Gasteiger partial charge >= 0.3 is 0 Å². The summed E-state index contributed by atoms with van der Waals surface area (Å²) in [6.45, 7) is 2.85. The molecular formula is C14H16N2OS. The van der Waals surface area contributed by atoms with Crippen LogP contribution in [0.5, 0.6) is 0 Å². The number of hydrogen-bond acceptors (Lipinski definition) is 3. The summed E-state index contributed by atoms with van der Waals surface area (Å²) >= 11 is 1.74. The van der Waals surface area contributed by atoms with E-state index in [0.29, 0.717) is 11.6 Å². The number of carbonyl (C=O) groups excluding carboxylic acids is 1. The fourth-order valence-electron chi connectivity index (χ4n) is 1.74. The highest BCUT2D eigenvalue weighted by Gasteiger charge is 2.06. The van der Waals surface area contributed by atoms with E-state index in [-0.39, 0.29) is 5.91 Å². The molecule has 4 heteroatoms. The zero-order valence-corrected chi connectivity index (χ0v) is 11.0. The third-order valence-electron chi connectivity index (χ3n) is 2.79. The summed E-state index contributed by atoms with van der Waals surface area (Å²) in [7, 11) is 0. The molecule has 94 valence electrons. The van der Waals surface area contributed by atoms with Gasteiger partial charge in [-0.3, -0.25) is 4.79 Å². The maximum absolute atomic E-state index is 11.1. The van der Waals surface area contributed by atoms with E-state index in [4.69, 9.17) is 5.73 Å². The highest BCUT2D eigenvalue weighted by molar-refractivity contribution is 7.10. The van der Waals surface area contributed by atoms with Gasteiger partial charge in [-0.05, 0) is 36.1 Å². The van der Waals surface area contributed by atoms with Crippen LogP contribution in [0.4, 0.5) is 0 Å². The molecule has 0 radical (unpaired) electrons. The molecular weight excluding hydrogens is 244 g/mol. The number of thiophene rings is 1. The quantitative estimate of drug-likeness (QED) is 0.868. The molecule has 1 aromatic carbocycles. The van der Waals surface area contributed by atoms with Gasteiger partial charge in [0.1, 0.15) is 0 Å². The molecule has 1 amide bonds. The number of primary amides is 1. The molecule has 0 aliphatic carbocycles. The maximum atomic E-state index is 11.1. The third-order valence-corrected chi connectivity index (χ3v) is 3.85. The summed E-state index contributed by atoms with van der Waals surface area (Å²) in [5.74, 6) is -0.386. The Morgan fingerprint density at radius 2 is 2.22 bits per heavy atom. The average Bonchev–Trinajstić information content (AvgIpc) is 2.90. The average molecular weight is 260 g/mol. The van der Waals surface area contributed by atoms with Gasteiger partial charge in [-0.25, -0.2) is 0 Å². The third kappa shape index (κ3) is 3.18. The molecule has 1 aromatic heterocycles. The van der Waals surface area contributed by atoms with Crippen LogP contribution in [0.15, 0.2) is 41.8 Å². The number of hydrogen-bond donors (Lipinski definition) is 2. The second-order valence-electron chi connectivity index (χ2n) is 4.18. The van der Waals surface area contributed by atoms with E-state index in [1.807, 2.05) is 24.3 Å². The van der Waals surface area contributed by atoms with Crippen molar-refractivity contribution in [3.63, 3.8) is 0 Å². The molecule has 0 bridgehead atoms. The van der Waals surface area contributed by atoms with E-state index in [9.17, 15) is 4.79 Å². The zero-order chi connectivity index (χ0) is 13.0. The summed E-state index contributed by atoms with van der Waals surface area (Å²) in [4.78, 5) is 12.4. The lowest BCUT2D eigenvalue weighted by Gasteiger charge is -2.12. The van der Waals surface area contributed by atoms with Gasteiger partial charge < -0.3 is 11.1 Å². The Bertz CT molecular complexity index is 522. The minimum absolute atomic E-state index is 0.308. The first-order valence-electron chi connectivity index (χ1n) is 5.82. The van der Waals surface area contributed by atoms with Gasteiger partial charge in [-0.15, -0.1) is 11.3 Å². The van der Waals surface area contributed by atoms with Crippen LogP contribution in [0.1, 0.15) is 33.8 Å². The lowest BCUT2D eigenvalue weighted by Crippen LogP contribution is -2.18. The topological polar surface area (TPSA) is 55.1 Å². The lowest BCUT2D eigenvalue weighted by molar-refractivity contribution is 0.1000. The Kier molecular flexibility index (Phi) is 4.12. The van der Waals surface area contributed by atoms with Gasteiger partial charge in [-0.1, -0.05) is 18.2 Å². The van der Waals surface area contributed by atoms with Crippen molar-refractivity contribution in [3.05, 3.63) is 57.8 Å². The van der Waals surface area contributed by atoms with Crippen molar-refractivity contribution in [1.29, 1.82) is 0 Å². The largest absolute Gasteiger partial charge is 0.366 e. The zero-order valence-electron chi connectivity index (χ0n) is 10.2. The van der Waals surface area contributed by atoms with Gasteiger partial charge in [-0.2, -0.15) is 0 Å². The fourth-order valence-corrected chi connectivity index (χ4v) is 2.50. The summed E-state index contributed by atoms with van der Waals surface area (Å²) < 4.78 is 0. The summed E-state index contributed by atoms with van der Waals surface area (Å²) in [5.41, 5.74) is 6.88.